The number of hydrogen-bond donors (Lipinski definition) is 3. The molecular weight excluding hydrogens is 232 g/mol. The van der Waals surface area contributed by atoms with Crippen molar-refractivity contribution in [2.24, 2.45) is 0 Å². The van der Waals surface area contributed by atoms with E-state index in [1.165, 1.54) is 0 Å². The van der Waals surface area contributed by atoms with Crippen LogP contribution in [0.4, 0.5) is 11.6 Å². The molecule has 18 heavy (non-hydrogen) atoms. The Kier molecular flexibility index (Phi) is 3.47. The summed E-state index contributed by atoms with van der Waals surface area (Å²) in [5.74, 6) is 0.432. The van der Waals surface area contributed by atoms with Crippen LogP contribution < -0.4 is 16.6 Å². The SMILES string of the molecule is COCC(C)Nc1nc2ccc(N)cc2c(=O)[nH]1. The van der Waals surface area contributed by atoms with Gasteiger partial charge in [0.1, 0.15) is 0 Å². The summed E-state index contributed by atoms with van der Waals surface area (Å²) in [6.45, 7) is 2.47. The van der Waals surface area contributed by atoms with Gasteiger partial charge in [0, 0.05) is 18.8 Å². The third-order valence-electron chi connectivity index (χ3n) is 2.53. The number of nitrogens with zero attached hydrogens (tertiary/aromatic N) is 1. The van der Waals surface area contributed by atoms with Crippen molar-refractivity contribution in [2.75, 3.05) is 24.8 Å². The van der Waals surface area contributed by atoms with Crippen LogP contribution in [-0.4, -0.2) is 29.7 Å². The minimum Gasteiger partial charge on any atom is -0.399 e. The molecule has 1 unspecified atom stereocenters. The van der Waals surface area contributed by atoms with Gasteiger partial charge in [-0.3, -0.25) is 9.78 Å². The van der Waals surface area contributed by atoms with Gasteiger partial charge in [0.25, 0.3) is 5.56 Å². The van der Waals surface area contributed by atoms with Crippen molar-refractivity contribution in [3.63, 3.8) is 0 Å². The highest BCUT2D eigenvalue weighted by atomic mass is 16.5. The normalized spacial score (nSPS) is 12.6. The highest BCUT2D eigenvalue weighted by Crippen LogP contribution is 2.13. The quantitative estimate of drug-likeness (QED) is 0.700. The lowest BCUT2D eigenvalue weighted by molar-refractivity contribution is 0.190. The minimum atomic E-state index is -0.209. The van der Waals surface area contributed by atoms with Crippen LogP contribution in [0.25, 0.3) is 10.9 Å². The number of nitrogens with two attached hydrogens (primary N) is 1. The molecule has 6 heteroatoms. The van der Waals surface area contributed by atoms with Gasteiger partial charge in [-0.15, -0.1) is 0 Å². The number of methoxy groups -OCH3 is 1. The van der Waals surface area contributed by atoms with Crippen LogP contribution in [0.2, 0.25) is 0 Å². The van der Waals surface area contributed by atoms with Crippen LogP contribution in [0.3, 0.4) is 0 Å². The van der Waals surface area contributed by atoms with E-state index in [-0.39, 0.29) is 11.6 Å². The molecule has 1 atom stereocenters. The number of rotatable bonds is 4. The van der Waals surface area contributed by atoms with Crippen LogP contribution in [-0.2, 0) is 4.74 Å². The molecule has 0 aliphatic rings. The maximum absolute atomic E-state index is 11.9. The molecule has 0 radical (unpaired) electrons. The van der Waals surface area contributed by atoms with Crippen molar-refractivity contribution in [3.05, 3.63) is 28.6 Å². The van der Waals surface area contributed by atoms with Crippen LogP contribution in [0.5, 0.6) is 0 Å². The first-order chi connectivity index (χ1) is 8.60. The van der Waals surface area contributed by atoms with Crippen molar-refractivity contribution in [2.45, 2.75) is 13.0 Å². The van der Waals surface area contributed by atoms with E-state index < -0.39 is 0 Å². The summed E-state index contributed by atoms with van der Waals surface area (Å²) in [5.41, 5.74) is 6.59. The smallest absolute Gasteiger partial charge is 0.260 e. The fourth-order valence-electron chi connectivity index (χ4n) is 1.75. The summed E-state index contributed by atoms with van der Waals surface area (Å²) in [7, 11) is 1.62. The second-order valence-electron chi connectivity index (χ2n) is 4.19. The molecule has 6 nitrogen and oxygen atoms in total. The van der Waals surface area contributed by atoms with Gasteiger partial charge >= 0.3 is 0 Å². The number of aromatic nitrogens is 2. The summed E-state index contributed by atoms with van der Waals surface area (Å²) in [4.78, 5) is 18.9. The maximum Gasteiger partial charge on any atom is 0.260 e. The fraction of sp³-hybridized carbons (Fsp3) is 0.333. The molecule has 0 saturated carbocycles. The van der Waals surface area contributed by atoms with Crippen LogP contribution in [0.15, 0.2) is 23.0 Å². The largest absolute Gasteiger partial charge is 0.399 e. The van der Waals surface area contributed by atoms with E-state index in [9.17, 15) is 4.79 Å². The van der Waals surface area contributed by atoms with Gasteiger partial charge in [0.05, 0.1) is 17.5 Å². The predicted octanol–water partition coefficient (Wildman–Crippen LogP) is 0.952. The van der Waals surface area contributed by atoms with E-state index in [0.29, 0.717) is 29.1 Å². The summed E-state index contributed by atoms with van der Waals surface area (Å²) in [6.07, 6.45) is 0. The first-order valence-electron chi connectivity index (χ1n) is 5.65. The van der Waals surface area contributed by atoms with E-state index in [1.807, 2.05) is 6.92 Å². The second kappa shape index (κ2) is 5.05. The topological polar surface area (TPSA) is 93.0 Å². The lowest BCUT2D eigenvalue weighted by Crippen LogP contribution is -2.24. The van der Waals surface area contributed by atoms with Crippen molar-refractivity contribution < 1.29 is 4.74 Å². The number of nitrogens with one attached hydrogen (secondary N) is 2. The number of hydrogen-bond acceptors (Lipinski definition) is 5. The summed E-state index contributed by atoms with van der Waals surface area (Å²) < 4.78 is 5.01. The third kappa shape index (κ3) is 2.60. The molecular formula is C12H16N4O2. The molecule has 0 bridgehead atoms. The van der Waals surface area contributed by atoms with E-state index >= 15 is 0 Å². The third-order valence-corrected chi connectivity index (χ3v) is 2.53. The number of H-pyrrole nitrogens is 1. The van der Waals surface area contributed by atoms with Crippen LogP contribution in [0, 0.1) is 0 Å². The Morgan fingerprint density at radius 2 is 2.33 bits per heavy atom. The van der Waals surface area contributed by atoms with E-state index in [2.05, 4.69) is 15.3 Å². The Labute approximate surface area is 104 Å². The lowest BCUT2D eigenvalue weighted by atomic mass is 10.2. The number of ether oxygens (including phenoxy) is 1. The molecule has 0 spiro atoms. The predicted molar refractivity (Wildman–Crippen MR) is 71.7 cm³/mol. The second-order valence-corrected chi connectivity index (χ2v) is 4.19. The Balaban J connectivity index is 2.37. The molecule has 0 aliphatic heterocycles. The molecule has 1 aromatic heterocycles. The van der Waals surface area contributed by atoms with E-state index in [4.69, 9.17) is 10.5 Å². The van der Waals surface area contributed by atoms with Crippen LogP contribution >= 0.6 is 0 Å². The van der Waals surface area contributed by atoms with E-state index in [1.54, 1.807) is 25.3 Å². The number of aromatic amines is 1. The summed E-state index contributed by atoms with van der Waals surface area (Å²) in [6, 6.07) is 5.12. The number of anilines is 2. The summed E-state index contributed by atoms with van der Waals surface area (Å²) >= 11 is 0. The monoisotopic (exact) mass is 248 g/mol. The van der Waals surface area contributed by atoms with Gasteiger partial charge < -0.3 is 15.8 Å². The molecule has 0 fully saturated rings. The van der Waals surface area contributed by atoms with Crippen LogP contribution in [0.1, 0.15) is 6.92 Å². The van der Waals surface area contributed by atoms with Gasteiger partial charge in [-0.2, -0.15) is 0 Å². The van der Waals surface area contributed by atoms with Crippen molar-refractivity contribution in [1.82, 2.24) is 9.97 Å². The molecule has 0 aliphatic carbocycles. The molecule has 0 saturated heterocycles. The maximum atomic E-state index is 11.9. The highest BCUT2D eigenvalue weighted by molar-refractivity contribution is 5.81. The van der Waals surface area contributed by atoms with E-state index in [0.717, 1.165) is 0 Å². The number of nitrogen functional groups attached to an aromatic ring is 1. The Hall–Kier alpha value is -2.08. The van der Waals surface area contributed by atoms with Gasteiger partial charge in [-0.1, -0.05) is 0 Å². The standard InChI is InChI=1S/C12H16N4O2/c1-7(6-18-2)14-12-15-10-4-3-8(13)5-9(10)11(17)16-12/h3-5,7H,6,13H2,1-2H3,(H2,14,15,16,17). The molecule has 0 amide bonds. The number of benzene rings is 1. The highest BCUT2D eigenvalue weighted by Gasteiger charge is 2.06. The molecule has 2 aromatic rings. The average molecular weight is 248 g/mol. The molecule has 1 aromatic carbocycles. The van der Waals surface area contributed by atoms with Crippen molar-refractivity contribution in [1.29, 1.82) is 0 Å². The first-order valence-corrected chi connectivity index (χ1v) is 5.65. The molecule has 1 heterocycles. The molecule has 4 N–H and O–H groups in total. The van der Waals surface area contributed by atoms with Gasteiger partial charge in [0.2, 0.25) is 5.95 Å². The minimum absolute atomic E-state index is 0.0596. The van der Waals surface area contributed by atoms with Gasteiger partial charge in [0.15, 0.2) is 0 Å². The zero-order chi connectivity index (χ0) is 13.1. The Morgan fingerprint density at radius 3 is 3.06 bits per heavy atom. The lowest BCUT2D eigenvalue weighted by Gasteiger charge is -2.13. The first kappa shape index (κ1) is 12.4. The van der Waals surface area contributed by atoms with Crippen molar-refractivity contribution in [3.8, 4) is 0 Å². The fourth-order valence-corrected chi connectivity index (χ4v) is 1.75. The average Bonchev–Trinajstić information content (AvgIpc) is 2.30. The zero-order valence-electron chi connectivity index (χ0n) is 10.4. The number of fused-ring (bicyclic) bond motifs is 1. The summed E-state index contributed by atoms with van der Waals surface area (Å²) in [5, 5.41) is 3.55. The van der Waals surface area contributed by atoms with Gasteiger partial charge in [-0.25, -0.2) is 4.98 Å². The zero-order valence-corrected chi connectivity index (χ0v) is 10.4. The Morgan fingerprint density at radius 1 is 1.56 bits per heavy atom. The van der Waals surface area contributed by atoms with Gasteiger partial charge in [-0.05, 0) is 25.1 Å². The molecule has 2 rings (SSSR count). The van der Waals surface area contributed by atoms with Crippen molar-refractivity contribution >= 4 is 22.5 Å². The Bertz CT molecular complexity index is 609. The molecule has 96 valence electrons.